The Morgan fingerprint density at radius 2 is 1.04 bits per heavy atom. The second-order valence-electron chi connectivity index (χ2n) is 15.3. The first-order valence-electron chi connectivity index (χ1n) is 20.9. The summed E-state index contributed by atoms with van der Waals surface area (Å²) in [7, 11) is 0. The van der Waals surface area contributed by atoms with E-state index in [1.807, 2.05) is 81.1 Å². The molecule has 0 heterocycles. The molecule has 0 amide bonds. The molecule has 0 bridgehead atoms. The van der Waals surface area contributed by atoms with Gasteiger partial charge < -0.3 is 4.90 Å². The van der Waals surface area contributed by atoms with Gasteiger partial charge in [0.1, 0.15) is 0 Å². The van der Waals surface area contributed by atoms with E-state index in [-0.39, 0.29) is 58.5 Å². The number of hydrogen-bond donors (Lipinski definition) is 0. The lowest BCUT2D eigenvalue weighted by Crippen LogP contribution is -2.43. The highest BCUT2D eigenvalue weighted by molar-refractivity contribution is 5.95. The highest BCUT2D eigenvalue weighted by Crippen LogP contribution is 2.56. The second-order valence-corrected chi connectivity index (χ2v) is 15.3. The molecule has 0 saturated heterocycles. The molecule has 0 fully saturated rings. The third-order valence-corrected chi connectivity index (χ3v) is 11.8. The number of rotatable bonds is 4. The minimum Gasteiger partial charge on any atom is -0.310 e. The molecule has 0 spiro atoms. The van der Waals surface area contributed by atoms with Crippen molar-refractivity contribution in [3.8, 4) is 33.4 Å². The third kappa shape index (κ3) is 4.39. The number of anilines is 3. The summed E-state index contributed by atoms with van der Waals surface area (Å²) < 4.78 is 64.8. The number of hydrogen-bond acceptors (Lipinski definition) is 1. The lowest BCUT2D eigenvalue weighted by molar-refractivity contribution is 0.299. The molecule has 0 unspecified atom stereocenters. The van der Waals surface area contributed by atoms with Crippen LogP contribution in [0, 0.1) is 0 Å². The minimum absolute atomic E-state index is 0.0589. The van der Waals surface area contributed by atoms with E-state index in [2.05, 4.69) is 74.5 Å². The normalized spacial score (nSPS) is 17.8. The van der Waals surface area contributed by atoms with Gasteiger partial charge in [0.25, 0.3) is 0 Å². The van der Waals surface area contributed by atoms with Gasteiger partial charge in [0.05, 0.1) is 9.60 Å². The fourth-order valence-electron chi connectivity index (χ4n) is 8.15. The Labute approximate surface area is 306 Å². The highest BCUT2D eigenvalue weighted by atomic mass is 15.1. The maximum atomic E-state index is 10.1. The summed E-state index contributed by atoms with van der Waals surface area (Å²) >= 11 is 0. The van der Waals surface area contributed by atoms with Crippen LogP contribution in [0.1, 0.15) is 73.4 Å². The largest absolute Gasteiger partial charge is 0.310 e. The van der Waals surface area contributed by atoms with Gasteiger partial charge >= 0.3 is 0 Å². The summed E-state index contributed by atoms with van der Waals surface area (Å²) in [5.41, 5.74) is 7.76. The smallest absolute Gasteiger partial charge is 0.0648 e. The molecule has 9 rings (SSSR count). The Bertz CT molecular complexity index is 2840. The first-order valence-corrected chi connectivity index (χ1v) is 17.4. The molecule has 1 nitrogen and oxygen atoms in total. The molecule has 1 heteroatoms. The van der Waals surface area contributed by atoms with Crippen molar-refractivity contribution in [2.45, 2.75) is 57.8 Å². The van der Waals surface area contributed by atoms with E-state index in [1.165, 1.54) is 21.9 Å². The first kappa shape index (κ1) is 23.9. The predicted molar refractivity (Wildman–Crippen MR) is 213 cm³/mol. The molecular formula is C49H43N. The molecule has 7 aromatic rings. The molecule has 0 aliphatic heterocycles. The van der Waals surface area contributed by atoms with E-state index in [0.29, 0.717) is 11.1 Å². The fraction of sp³-hybridized carbons (Fsp3) is 0.184. The van der Waals surface area contributed by atoms with Crippen LogP contribution in [0.4, 0.5) is 17.1 Å². The average molecular weight is 653 g/mol. The predicted octanol–water partition coefficient (Wildman–Crippen LogP) is 13.5. The summed E-state index contributed by atoms with van der Waals surface area (Å²) in [4.78, 5) is 1.94. The Hall–Kier alpha value is -5.40. The van der Waals surface area contributed by atoms with Crippen LogP contribution in [-0.2, 0) is 16.2 Å². The van der Waals surface area contributed by atoms with Crippen LogP contribution in [0.3, 0.4) is 0 Å². The molecule has 244 valence electrons. The summed E-state index contributed by atoms with van der Waals surface area (Å²) in [5.74, 6) is 0. The second kappa shape index (κ2) is 10.8. The van der Waals surface area contributed by atoms with Gasteiger partial charge in [-0.25, -0.2) is 0 Å². The maximum Gasteiger partial charge on any atom is 0.0648 e. The van der Waals surface area contributed by atoms with Crippen LogP contribution in [0.2, 0.25) is 0 Å². The van der Waals surface area contributed by atoms with Crippen molar-refractivity contribution in [3.05, 3.63) is 174 Å². The number of nitrogens with zero attached hydrogens (tertiary/aromatic N) is 1. The maximum absolute atomic E-state index is 10.1. The summed E-state index contributed by atoms with van der Waals surface area (Å²) in [6, 6.07) is 36.2. The van der Waals surface area contributed by atoms with Gasteiger partial charge in [-0.3, -0.25) is 0 Å². The monoisotopic (exact) mass is 652 g/mol. The van der Waals surface area contributed by atoms with Gasteiger partial charge in [0.15, 0.2) is 0 Å². The van der Waals surface area contributed by atoms with Crippen LogP contribution in [-0.4, -0.2) is 0 Å². The van der Waals surface area contributed by atoms with E-state index >= 15 is 0 Å². The molecule has 50 heavy (non-hydrogen) atoms. The quantitative estimate of drug-likeness (QED) is 0.183. The summed E-state index contributed by atoms with van der Waals surface area (Å²) in [6.07, 6.45) is 0. The van der Waals surface area contributed by atoms with Gasteiger partial charge in [-0.2, -0.15) is 0 Å². The highest BCUT2D eigenvalue weighted by Gasteiger charge is 2.46. The lowest BCUT2D eigenvalue weighted by Gasteiger charge is -2.48. The Balaban J connectivity index is 1.32. The van der Waals surface area contributed by atoms with Crippen molar-refractivity contribution in [1.29, 1.82) is 0 Å². The van der Waals surface area contributed by atoms with Crippen LogP contribution in [0.15, 0.2) is 151 Å². The standard InChI is InChI=1S/C49H43N/c1-47(2)44-29-35-17-11-10-16-34(35)28-42(44)41-27-25-37(30-45(41)47)50(36-22-20-33(21-23-36)32-14-8-7-9-15-32)38-24-26-40-39-18-12-13-19-43(39)48(3,4)49(5,6)46(40)31-38/h7-31H,1-6H3/i12D,13D,18D,19D,24D,26D,31D. The van der Waals surface area contributed by atoms with E-state index in [4.69, 9.17) is 5.48 Å². The van der Waals surface area contributed by atoms with Gasteiger partial charge in [0, 0.05) is 22.5 Å². The fourth-order valence-corrected chi connectivity index (χ4v) is 8.15. The Morgan fingerprint density at radius 3 is 1.80 bits per heavy atom. The topological polar surface area (TPSA) is 3.24 Å². The molecule has 0 N–H and O–H groups in total. The molecule has 2 aliphatic carbocycles. The van der Waals surface area contributed by atoms with Crippen LogP contribution in [0.5, 0.6) is 0 Å². The molecule has 7 aromatic carbocycles. The van der Waals surface area contributed by atoms with Crippen molar-refractivity contribution in [1.82, 2.24) is 0 Å². The Morgan fingerprint density at radius 1 is 0.440 bits per heavy atom. The molecule has 0 atom stereocenters. The minimum atomic E-state index is -0.880. The van der Waals surface area contributed by atoms with E-state index in [9.17, 15) is 4.11 Å². The van der Waals surface area contributed by atoms with E-state index in [0.717, 1.165) is 33.6 Å². The van der Waals surface area contributed by atoms with E-state index < -0.39 is 16.9 Å². The first-order chi connectivity index (χ1) is 27.0. The van der Waals surface area contributed by atoms with Gasteiger partial charge in [-0.15, -0.1) is 0 Å². The van der Waals surface area contributed by atoms with Gasteiger partial charge in [0.2, 0.25) is 0 Å². The number of benzene rings is 7. The van der Waals surface area contributed by atoms with Gasteiger partial charge in [-0.05, 0) is 126 Å². The molecular weight excluding hydrogens is 603 g/mol. The average Bonchev–Trinajstić information content (AvgIpc) is 3.41. The summed E-state index contributed by atoms with van der Waals surface area (Å²) in [6.45, 7) is 12.4. The van der Waals surface area contributed by atoms with Crippen molar-refractivity contribution < 1.29 is 9.60 Å². The van der Waals surface area contributed by atoms with E-state index in [1.54, 1.807) is 0 Å². The summed E-state index contributed by atoms with van der Waals surface area (Å²) in [5, 5.41) is 2.36. The van der Waals surface area contributed by atoms with Crippen molar-refractivity contribution in [3.63, 3.8) is 0 Å². The SMILES string of the molecule is [2H]c1c([2H])c([2H])c2c(c1[2H])-c1c([2H])c([2H])c(N(c3ccc(-c4ccccc4)cc3)c3ccc4c(c3)C(C)(C)c3cc5ccccc5cc3-4)c([2H])c1C(C)(C)C2(C)C. The zero-order valence-corrected chi connectivity index (χ0v) is 29.3. The van der Waals surface area contributed by atoms with Gasteiger partial charge in [-0.1, -0.05) is 145 Å². The van der Waals surface area contributed by atoms with Crippen molar-refractivity contribution in [2.24, 2.45) is 0 Å². The zero-order chi connectivity index (χ0) is 40.5. The third-order valence-electron chi connectivity index (χ3n) is 11.8. The lowest BCUT2D eigenvalue weighted by atomic mass is 9.55. The number of fused-ring (bicyclic) bond motifs is 7. The van der Waals surface area contributed by atoms with Crippen LogP contribution in [0.25, 0.3) is 44.2 Å². The van der Waals surface area contributed by atoms with Crippen molar-refractivity contribution >= 4 is 27.8 Å². The van der Waals surface area contributed by atoms with Crippen molar-refractivity contribution in [2.75, 3.05) is 4.90 Å². The van der Waals surface area contributed by atoms with Crippen LogP contribution < -0.4 is 4.90 Å². The zero-order valence-electron chi connectivity index (χ0n) is 36.3. The molecule has 0 saturated carbocycles. The Kier molecular flexibility index (Phi) is 5.15. The molecule has 0 aromatic heterocycles. The molecule has 2 aliphatic rings. The van der Waals surface area contributed by atoms with Crippen LogP contribution >= 0.6 is 0 Å². The molecule has 0 radical (unpaired) electrons.